The Kier molecular flexibility index (Phi) is 2.85. The zero-order chi connectivity index (χ0) is 13.3. The first-order chi connectivity index (χ1) is 8.50. The number of aromatic hydroxyl groups is 1. The number of fused-ring (bicyclic) bond motifs is 1. The summed E-state index contributed by atoms with van der Waals surface area (Å²) in [5, 5.41) is 18.0. The van der Waals surface area contributed by atoms with Crippen molar-refractivity contribution in [1.82, 2.24) is 0 Å². The van der Waals surface area contributed by atoms with Crippen LogP contribution in [0, 0.1) is 0 Å². The third-order valence-electron chi connectivity index (χ3n) is 2.37. The van der Waals surface area contributed by atoms with E-state index in [4.69, 9.17) is 9.84 Å². The zero-order valence-electron chi connectivity index (χ0n) is 9.04. The fourth-order valence-electron chi connectivity index (χ4n) is 1.62. The van der Waals surface area contributed by atoms with Gasteiger partial charge in [-0.2, -0.15) is 0 Å². The van der Waals surface area contributed by atoms with Gasteiger partial charge in [0.25, 0.3) is 0 Å². The minimum absolute atomic E-state index is 0.00267. The van der Waals surface area contributed by atoms with Gasteiger partial charge in [-0.15, -0.1) is 0 Å². The number of carbonyl (C=O) groups excluding carboxylic acids is 2. The third kappa shape index (κ3) is 1.95. The molecule has 6 heteroatoms. The van der Waals surface area contributed by atoms with Gasteiger partial charge in [-0.1, -0.05) is 6.07 Å². The minimum atomic E-state index is -1.25. The highest BCUT2D eigenvalue weighted by molar-refractivity contribution is 6.24. The van der Waals surface area contributed by atoms with Crippen molar-refractivity contribution in [3.8, 4) is 5.75 Å². The molecule has 0 spiro atoms. The molecular formula is C12H8O6. The van der Waals surface area contributed by atoms with Crippen LogP contribution >= 0.6 is 0 Å². The number of carbonyl (C=O) groups is 3. The van der Waals surface area contributed by atoms with E-state index in [9.17, 15) is 19.5 Å². The largest absolute Gasteiger partial charge is 0.507 e. The van der Waals surface area contributed by atoms with Gasteiger partial charge in [0.1, 0.15) is 5.75 Å². The SMILES string of the molecule is O=C(O)COC1=CC(=O)c2c(O)cccc2C1=O. The molecular weight excluding hydrogens is 240 g/mol. The average molecular weight is 248 g/mol. The predicted molar refractivity (Wildman–Crippen MR) is 58.4 cm³/mol. The molecule has 0 fully saturated rings. The Morgan fingerprint density at radius 1 is 1.28 bits per heavy atom. The first-order valence-corrected chi connectivity index (χ1v) is 4.98. The molecule has 92 valence electrons. The Morgan fingerprint density at radius 3 is 2.67 bits per heavy atom. The van der Waals surface area contributed by atoms with E-state index in [2.05, 4.69) is 0 Å². The van der Waals surface area contributed by atoms with Gasteiger partial charge >= 0.3 is 5.97 Å². The summed E-state index contributed by atoms with van der Waals surface area (Å²) in [5.41, 5.74) is -0.0898. The van der Waals surface area contributed by atoms with Gasteiger partial charge in [0, 0.05) is 11.6 Å². The second-order valence-corrected chi connectivity index (χ2v) is 3.58. The highest BCUT2D eigenvalue weighted by Gasteiger charge is 2.29. The quantitative estimate of drug-likeness (QED) is 0.818. The average Bonchev–Trinajstić information content (AvgIpc) is 2.31. The van der Waals surface area contributed by atoms with Crippen LogP contribution in [-0.2, 0) is 9.53 Å². The first-order valence-electron chi connectivity index (χ1n) is 4.98. The van der Waals surface area contributed by atoms with Gasteiger partial charge in [0.05, 0.1) is 5.56 Å². The number of Topliss-reactive ketones (excluding diaryl/α,β-unsaturated/α-hetero) is 1. The lowest BCUT2D eigenvalue weighted by atomic mass is 9.93. The number of ether oxygens (including phenoxy) is 1. The highest BCUT2D eigenvalue weighted by Crippen LogP contribution is 2.28. The van der Waals surface area contributed by atoms with Crippen LogP contribution < -0.4 is 0 Å². The molecule has 1 aliphatic rings. The highest BCUT2D eigenvalue weighted by atomic mass is 16.5. The fourth-order valence-corrected chi connectivity index (χ4v) is 1.62. The maximum Gasteiger partial charge on any atom is 0.341 e. The molecule has 6 nitrogen and oxygen atoms in total. The van der Waals surface area contributed by atoms with E-state index in [0.717, 1.165) is 6.08 Å². The Morgan fingerprint density at radius 2 is 2.00 bits per heavy atom. The molecule has 0 unspecified atom stereocenters. The number of benzene rings is 1. The molecule has 0 saturated carbocycles. The van der Waals surface area contributed by atoms with Crippen LogP contribution in [0.3, 0.4) is 0 Å². The van der Waals surface area contributed by atoms with Crippen molar-refractivity contribution in [2.45, 2.75) is 0 Å². The normalized spacial score (nSPS) is 13.9. The number of hydrogen-bond donors (Lipinski definition) is 2. The molecule has 0 saturated heterocycles. The first kappa shape index (κ1) is 11.8. The van der Waals surface area contributed by atoms with Gasteiger partial charge in [-0.05, 0) is 12.1 Å². The van der Waals surface area contributed by atoms with Crippen molar-refractivity contribution in [2.75, 3.05) is 6.61 Å². The number of allylic oxidation sites excluding steroid dienone is 2. The monoisotopic (exact) mass is 248 g/mol. The molecule has 0 aliphatic heterocycles. The third-order valence-corrected chi connectivity index (χ3v) is 2.37. The number of phenols is 1. The number of ketones is 2. The van der Waals surface area contributed by atoms with Crippen LogP contribution in [0.25, 0.3) is 0 Å². The molecule has 1 aromatic carbocycles. The molecule has 0 heterocycles. The number of aliphatic carboxylic acids is 1. The number of carboxylic acid groups (broad SMARTS) is 1. The van der Waals surface area contributed by atoms with E-state index < -0.39 is 24.1 Å². The van der Waals surface area contributed by atoms with Crippen LogP contribution in [0.1, 0.15) is 20.7 Å². The summed E-state index contributed by atoms with van der Waals surface area (Å²) in [6, 6.07) is 4.08. The Bertz CT molecular complexity index is 584. The summed E-state index contributed by atoms with van der Waals surface area (Å²) in [6.45, 7) is -0.709. The lowest BCUT2D eigenvalue weighted by Crippen LogP contribution is -2.20. The fraction of sp³-hybridized carbons (Fsp3) is 0.0833. The molecule has 0 atom stereocenters. The van der Waals surface area contributed by atoms with Crippen molar-refractivity contribution >= 4 is 17.5 Å². The van der Waals surface area contributed by atoms with Crippen LogP contribution in [0.15, 0.2) is 30.0 Å². The van der Waals surface area contributed by atoms with Crippen molar-refractivity contribution in [1.29, 1.82) is 0 Å². The van der Waals surface area contributed by atoms with E-state index in [1.165, 1.54) is 18.2 Å². The molecule has 0 aromatic heterocycles. The van der Waals surface area contributed by atoms with E-state index in [0.29, 0.717) is 0 Å². The van der Waals surface area contributed by atoms with Crippen molar-refractivity contribution in [3.05, 3.63) is 41.2 Å². The molecule has 0 radical (unpaired) electrons. The molecule has 0 bridgehead atoms. The smallest absolute Gasteiger partial charge is 0.341 e. The Hall–Kier alpha value is -2.63. The van der Waals surface area contributed by atoms with Crippen molar-refractivity contribution < 1.29 is 29.3 Å². The molecule has 2 rings (SSSR count). The molecule has 18 heavy (non-hydrogen) atoms. The molecule has 1 aliphatic carbocycles. The summed E-state index contributed by atoms with van der Waals surface area (Å²) in [4.78, 5) is 33.9. The predicted octanol–water partition coefficient (Wildman–Crippen LogP) is 0.756. The van der Waals surface area contributed by atoms with Crippen LogP contribution in [-0.4, -0.2) is 34.4 Å². The topological polar surface area (TPSA) is 101 Å². The number of phenolic OH excluding ortho intramolecular Hbond substituents is 1. The second kappa shape index (κ2) is 4.33. The number of hydrogen-bond acceptors (Lipinski definition) is 5. The van der Waals surface area contributed by atoms with Crippen molar-refractivity contribution in [3.63, 3.8) is 0 Å². The summed E-state index contributed by atoms with van der Waals surface area (Å²) in [5.74, 6) is -3.09. The lowest BCUT2D eigenvalue weighted by Gasteiger charge is -2.15. The van der Waals surface area contributed by atoms with Gasteiger partial charge in [0.2, 0.25) is 5.78 Å². The Labute approximate surface area is 101 Å². The van der Waals surface area contributed by atoms with Crippen molar-refractivity contribution in [2.24, 2.45) is 0 Å². The summed E-state index contributed by atoms with van der Waals surface area (Å²) < 4.78 is 4.73. The summed E-state index contributed by atoms with van der Waals surface area (Å²) in [6.07, 6.45) is 0.882. The van der Waals surface area contributed by atoms with Crippen LogP contribution in [0.5, 0.6) is 5.75 Å². The Balaban J connectivity index is 2.38. The molecule has 1 aromatic rings. The van der Waals surface area contributed by atoms with Crippen LogP contribution in [0.4, 0.5) is 0 Å². The number of rotatable bonds is 3. The maximum absolute atomic E-state index is 11.9. The minimum Gasteiger partial charge on any atom is -0.507 e. The van der Waals surface area contributed by atoms with E-state index >= 15 is 0 Å². The van der Waals surface area contributed by atoms with Gasteiger partial charge in [-0.3, -0.25) is 9.59 Å². The second-order valence-electron chi connectivity index (χ2n) is 3.58. The summed E-state index contributed by atoms with van der Waals surface area (Å²) >= 11 is 0. The number of carboxylic acids is 1. The maximum atomic E-state index is 11.9. The van der Waals surface area contributed by atoms with Gasteiger partial charge in [-0.25, -0.2) is 4.79 Å². The van der Waals surface area contributed by atoms with Gasteiger partial charge < -0.3 is 14.9 Å². The standard InChI is InChI=1S/C12H8O6/c13-7-3-1-2-6-11(7)8(14)4-9(12(6)17)18-5-10(15)16/h1-4,13H,5H2,(H,15,16). The zero-order valence-corrected chi connectivity index (χ0v) is 9.04. The summed E-state index contributed by atoms with van der Waals surface area (Å²) in [7, 11) is 0. The van der Waals surface area contributed by atoms with E-state index in [-0.39, 0.29) is 22.6 Å². The van der Waals surface area contributed by atoms with E-state index in [1.54, 1.807) is 0 Å². The molecule has 2 N–H and O–H groups in total. The van der Waals surface area contributed by atoms with Crippen LogP contribution in [0.2, 0.25) is 0 Å². The lowest BCUT2D eigenvalue weighted by molar-refractivity contribution is -0.140. The molecule has 0 amide bonds. The van der Waals surface area contributed by atoms with E-state index in [1.807, 2.05) is 0 Å². The van der Waals surface area contributed by atoms with Gasteiger partial charge in [0.15, 0.2) is 18.1 Å².